The number of aryl methyl sites for hydroxylation is 1. The van der Waals surface area contributed by atoms with E-state index < -0.39 is 0 Å². The van der Waals surface area contributed by atoms with Gasteiger partial charge in [-0.05, 0) is 37.1 Å². The molecule has 26 heavy (non-hydrogen) atoms. The van der Waals surface area contributed by atoms with Gasteiger partial charge in [0.2, 0.25) is 0 Å². The average molecular weight is 355 g/mol. The molecule has 2 aliphatic rings. The van der Waals surface area contributed by atoms with Gasteiger partial charge in [0, 0.05) is 50.3 Å². The number of nitrogens with zero attached hydrogens (tertiary/aromatic N) is 4. The number of carbonyl (C=O) groups is 1. The van der Waals surface area contributed by atoms with Gasteiger partial charge in [-0.25, -0.2) is 9.48 Å². The summed E-state index contributed by atoms with van der Waals surface area (Å²) in [6.45, 7) is 7.10. The summed E-state index contributed by atoms with van der Waals surface area (Å²) in [7, 11) is 0. The van der Waals surface area contributed by atoms with Gasteiger partial charge in [0.05, 0.1) is 18.9 Å². The predicted molar refractivity (Wildman–Crippen MR) is 99.7 cm³/mol. The predicted octanol–water partition coefficient (Wildman–Crippen LogP) is 2.12. The summed E-state index contributed by atoms with van der Waals surface area (Å²) >= 11 is 0. The topological polar surface area (TPSA) is 62.6 Å². The molecule has 2 amide bonds. The van der Waals surface area contributed by atoms with Crippen LogP contribution in [0.15, 0.2) is 36.7 Å². The maximum atomic E-state index is 12.7. The molecule has 2 saturated heterocycles. The van der Waals surface area contributed by atoms with Gasteiger partial charge in [0.15, 0.2) is 0 Å². The Morgan fingerprint density at radius 1 is 1.27 bits per heavy atom. The number of likely N-dealkylation sites (tertiary alicyclic amines) is 1. The molecule has 0 radical (unpaired) electrons. The Balaban J connectivity index is 1.41. The lowest BCUT2D eigenvalue weighted by Crippen LogP contribution is -2.45. The lowest BCUT2D eigenvalue weighted by molar-refractivity contribution is 0.0192. The summed E-state index contributed by atoms with van der Waals surface area (Å²) in [6.07, 6.45) is 4.66. The third kappa shape index (κ3) is 3.59. The summed E-state index contributed by atoms with van der Waals surface area (Å²) in [6, 6.07) is 8.28. The Hall–Kier alpha value is -2.38. The Kier molecular flexibility index (Phi) is 4.90. The number of hydrogen-bond acceptors (Lipinski definition) is 4. The van der Waals surface area contributed by atoms with E-state index in [2.05, 4.69) is 15.3 Å². The lowest BCUT2D eigenvalue weighted by atomic mass is 10.2. The molecular weight excluding hydrogens is 330 g/mol. The third-order valence-corrected chi connectivity index (χ3v) is 5.24. The fraction of sp³-hybridized carbons (Fsp3) is 0.474. The molecule has 138 valence electrons. The summed E-state index contributed by atoms with van der Waals surface area (Å²) in [5, 5.41) is 7.33. The standard InChI is InChI=1S/C19H25N5O2/c1-15-3-4-16(24-7-2-6-20-24)13-18(15)21-19(25)23-8-5-17(14-23)22-9-11-26-12-10-22/h2-4,6-7,13,17H,5,8-12,14H2,1H3,(H,21,25). The monoisotopic (exact) mass is 355 g/mol. The maximum Gasteiger partial charge on any atom is 0.321 e. The van der Waals surface area contributed by atoms with Crippen LogP contribution in [-0.2, 0) is 4.74 Å². The Morgan fingerprint density at radius 3 is 2.88 bits per heavy atom. The number of nitrogens with one attached hydrogen (secondary N) is 1. The minimum absolute atomic E-state index is 0.0264. The van der Waals surface area contributed by atoms with Crippen LogP contribution >= 0.6 is 0 Å². The highest BCUT2D eigenvalue weighted by molar-refractivity contribution is 5.90. The molecule has 0 bridgehead atoms. The molecule has 7 heteroatoms. The Morgan fingerprint density at radius 2 is 2.12 bits per heavy atom. The van der Waals surface area contributed by atoms with Crippen molar-refractivity contribution in [1.82, 2.24) is 19.6 Å². The fourth-order valence-corrected chi connectivity index (χ4v) is 3.67. The summed E-state index contributed by atoms with van der Waals surface area (Å²) in [5.74, 6) is 0. The van der Waals surface area contributed by atoms with Crippen LogP contribution in [0.5, 0.6) is 0 Å². The molecule has 4 rings (SSSR count). The second-order valence-electron chi connectivity index (χ2n) is 6.92. The van der Waals surface area contributed by atoms with Crippen LogP contribution < -0.4 is 5.32 Å². The van der Waals surface area contributed by atoms with E-state index in [0.717, 1.165) is 62.8 Å². The summed E-state index contributed by atoms with van der Waals surface area (Å²) in [5.41, 5.74) is 2.81. The van der Waals surface area contributed by atoms with E-state index in [4.69, 9.17) is 4.74 Å². The van der Waals surface area contributed by atoms with Gasteiger partial charge in [0.1, 0.15) is 0 Å². The largest absolute Gasteiger partial charge is 0.379 e. The number of rotatable bonds is 3. The highest BCUT2D eigenvalue weighted by Gasteiger charge is 2.31. The van der Waals surface area contributed by atoms with Crippen LogP contribution in [0.25, 0.3) is 5.69 Å². The highest BCUT2D eigenvalue weighted by Crippen LogP contribution is 2.22. The normalized spacial score (nSPS) is 21.1. The van der Waals surface area contributed by atoms with E-state index in [9.17, 15) is 4.79 Å². The van der Waals surface area contributed by atoms with Gasteiger partial charge >= 0.3 is 6.03 Å². The molecule has 0 spiro atoms. The number of ether oxygens (including phenoxy) is 1. The van der Waals surface area contributed by atoms with Crippen LogP contribution in [0.4, 0.5) is 10.5 Å². The van der Waals surface area contributed by atoms with Crippen LogP contribution in [0.3, 0.4) is 0 Å². The van der Waals surface area contributed by atoms with Crippen LogP contribution in [0, 0.1) is 6.92 Å². The number of morpholine rings is 1. The minimum Gasteiger partial charge on any atom is -0.379 e. The summed E-state index contributed by atoms with van der Waals surface area (Å²) < 4.78 is 7.22. The van der Waals surface area contributed by atoms with Crippen molar-refractivity contribution in [1.29, 1.82) is 0 Å². The number of amides is 2. The molecule has 1 aromatic carbocycles. The number of anilines is 1. The van der Waals surface area contributed by atoms with Crippen molar-refractivity contribution in [2.75, 3.05) is 44.7 Å². The second-order valence-corrected chi connectivity index (χ2v) is 6.92. The maximum absolute atomic E-state index is 12.7. The van der Waals surface area contributed by atoms with Crippen molar-refractivity contribution in [2.24, 2.45) is 0 Å². The van der Waals surface area contributed by atoms with Crippen molar-refractivity contribution in [2.45, 2.75) is 19.4 Å². The number of carbonyl (C=O) groups excluding carboxylic acids is 1. The molecule has 3 heterocycles. The second kappa shape index (κ2) is 7.47. The molecular formula is C19H25N5O2. The molecule has 1 N–H and O–H groups in total. The fourth-order valence-electron chi connectivity index (χ4n) is 3.67. The van der Waals surface area contributed by atoms with Gasteiger partial charge in [-0.1, -0.05) is 6.07 Å². The quantitative estimate of drug-likeness (QED) is 0.916. The lowest BCUT2D eigenvalue weighted by Gasteiger charge is -2.32. The first-order valence-corrected chi connectivity index (χ1v) is 9.19. The zero-order valence-electron chi connectivity index (χ0n) is 15.1. The van der Waals surface area contributed by atoms with E-state index in [-0.39, 0.29) is 6.03 Å². The van der Waals surface area contributed by atoms with E-state index in [0.29, 0.717) is 6.04 Å². The molecule has 2 aromatic rings. The number of aromatic nitrogens is 2. The first-order chi connectivity index (χ1) is 12.7. The van der Waals surface area contributed by atoms with Gasteiger partial charge in [-0.2, -0.15) is 5.10 Å². The molecule has 0 saturated carbocycles. The third-order valence-electron chi connectivity index (χ3n) is 5.24. The molecule has 1 atom stereocenters. The van der Waals surface area contributed by atoms with Crippen molar-refractivity contribution >= 4 is 11.7 Å². The van der Waals surface area contributed by atoms with Crippen LogP contribution in [-0.4, -0.2) is 71.0 Å². The molecule has 2 fully saturated rings. The first-order valence-electron chi connectivity index (χ1n) is 9.19. The van der Waals surface area contributed by atoms with E-state index >= 15 is 0 Å². The summed E-state index contributed by atoms with van der Waals surface area (Å²) in [4.78, 5) is 17.1. The van der Waals surface area contributed by atoms with Crippen LogP contribution in [0.2, 0.25) is 0 Å². The van der Waals surface area contributed by atoms with Crippen molar-refractivity contribution in [3.8, 4) is 5.69 Å². The minimum atomic E-state index is -0.0264. The van der Waals surface area contributed by atoms with Crippen LogP contribution in [0.1, 0.15) is 12.0 Å². The average Bonchev–Trinajstić information content (AvgIpc) is 3.36. The van der Waals surface area contributed by atoms with Gasteiger partial charge in [0.25, 0.3) is 0 Å². The van der Waals surface area contributed by atoms with E-state index in [1.807, 2.05) is 42.3 Å². The Bertz CT molecular complexity index is 755. The molecule has 2 aliphatic heterocycles. The number of urea groups is 1. The molecule has 1 aromatic heterocycles. The smallest absolute Gasteiger partial charge is 0.321 e. The van der Waals surface area contributed by atoms with Gasteiger partial charge in [-0.3, -0.25) is 4.90 Å². The number of hydrogen-bond donors (Lipinski definition) is 1. The van der Waals surface area contributed by atoms with Crippen molar-refractivity contribution in [3.05, 3.63) is 42.2 Å². The molecule has 0 aliphatic carbocycles. The molecule has 1 unspecified atom stereocenters. The van der Waals surface area contributed by atoms with Crippen molar-refractivity contribution < 1.29 is 9.53 Å². The molecule has 7 nitrogen and oxygen atoms in total. The highest BCUT2D eigenvalue weighted by atomic mass is 16.5. The SMILES string of the molecule is Cc1ccc(-n2cccn2)cc1NC(=O)N1CCC(N2CCOCC2)C1. The Labute approximate surface area is 153 Å². The number of benzene rings is 1. The van der Waals surface area contributed by atoms with Gasteiger partial charge < -0.3 is 15.0 Å². The van der Waals surface area contributed by atoms with Crippen molar-refractivity contribution in [3.63, 3.8) is 0 Å². The first kappa shape index (κ1) is 17.1. The van der Waals surface area contributed by atoms with E-state index in [1.54, 1.807) is 10.9 Å². The zero-order valence-corrected chi connectivity index (χ0v) is 15.1. The van der Waals surface area contributed by atoms with Gasteiger partial charge in [-0.15, -0.1) is 0 Å². The van der Waals surface area contributed by atoms with E-state index in [1.165, 1.54) is 0 Å². The zero-order chi connectivity index (χ0) is 17.9.